The van der Waals surface area contributed by atoms with Gasteiger partial charge in [-0.1, -0.05) is 49.2 Å². The summed E-state index contributed by atoms with van der Waals surface area (Å²) in [5.74, 6) is 0.455. The third-order valence-electron chi connectivity index (χ3n) is 7.41. The Balaban J connectivity index is 1.36. The standard InChI is InChI=1S/C26H33N5O4S2/c1-30-13-15-31(16-14-30)37(33,34)20-9-7-19(8-10-20)21(17-18-5-3-4-6-18)24(32)29-26-27-22-11-12-23(35-2)28-25(22)36-26/h7-12,18,21H,3-6,13-17H2,1-2H3,(H,27,29,32)/t21-/m0/s1. The van der Waals surface area contributed by atoms with Gasteiger partial charge in [-0.05, 0) is 43.1 Å². The zero-order valence-electron chi connectivity index (χ0n) is 21.2. The molecular formula is C26H33N5O4S2. The molecule has 1 atom stereocenters. The number of nitrogens with one attached hydrogen (secondary N) is 1. The molecule has 1 aliphatic carbocycles. The number of hydrogen-bond acceptors (Lipinski definition) is 8. The number of thiazole rings is 1. The molecule has 1 saturated heterocycles. The molecule has 0 radical (unpaired) electrons. The summed E-state index contributed by atoms with van der Waals surface area (Å²) in [4.78, 5) is 25.6. The fourth-order valence-electron chi connectivity index (χ4n) is 5.18. The van der Waals surface area contributed by atoms with E-state index in [0.717, 1.165) is 37.9 Å². The molecule has 2 aliphatic rings. The topological polar surface area (TPSA) is 105 Å². The number of pyridine rings is 1. The number of rotatable bonds is 8. The molecule has 0 spiro atoms. The van der Waals surface area contributed by atoms with E-state index in [1.54, 1.807) is 41.7 Å². The highest BCUT2D eigenvalue weighted by atomic mass is 32.2. The van der Waals surface area contributed by atoms with Crippen LogP contribution in [0.15, 0.2) is 41.3 Å². The lowest BCUT2D eigenvalue weighted by atomic mass is 9.87. The Bertz CT molecular complexity index is 1350. The normalized spacial score (nSPS) is 18.8. The molecule has 1 saturated carbocycles. The van der Waals surface area contributed by atoms with E-state index < -0.39 is 15.9 Å². The molecule has 1 aromatic carbocycles. The van der Waals surface area contributed by atoms with Gasteiger partial charge in [0.2, 0.25) is 21.8 Å². The summed E-state index contributed by atoms with van der Waals surface area (Å²) in [6.45, 7) is 2.40. The van der Waals surface area contributed by atoms with E-state index in [4.69, 9.17) is 4.74 Å². The molecule has 1 N–H and O–H groups in total. The largest absolute Gasteiger partial charge is 0.481 e. The number of methoxy groups -OCH3 is 1. The van der Waals surface area contributed by atoms with E-state index in [1.807, 2.05) is 13.1 Å². The van der Waals surface area contributed by atoms with Crippen LogP contribution in [-0.2, 0) is 14.8 Å². The number of hydrogen-bond donors (Lipinski definition) is 1. The van der Waals surface area contributed by atoms with Crippen LogP contribution < -0.4 is 10.1 Å². The van der Waals surface area contributed by atoms with E-state index in [1.165, 1.54) is 24.2 Å². The van der Waals surface area contributed by atoms with Gasteiger partial charge >= 0.3 is 0 Å². The number of nitrogens with zero attached hydrogens (tertiary/aromatic N) is 4. The van der Waals surface area contributed by atoms with Crippen LogP contribution in [0.1, 0.15) is 43.6 Å². The summed E-state index contributed by atoms with van der Waals surface area (Å²) in [6, 6.07) is 10.5. The van der Waals surface area contributed by atoms with Crippen molar-refractivity contribution >= 4 is 42.7 Å². The van der Waals surface area contributed by atoms with Crippen molar-refractivity contribution in [3.63, 3.8) is 0 Å². The average Bonchev–Trinajstić information content (AvgIpc) is 3.56. The Hall–Kier alpha value is -2.60. The molecule has 2 aromatic heterocycles. The fraction of sp³-hybridized carbons (Fsp3) is 0.500. The number of anilines is 1. The minimum Gasteiger partial charge on any atom is -0.481 e. The lowest BCUT2D eigenvalue weighted by molar-refractivity contribution is -0.118. The van der Waals surface area contributed by atoms with Crippen LogP contribution in [0.2, 0.25) is 0 Å². The van der Waals surface area contributed by atoms with Gasteiger partial charge in [0.25, 0.3) is 0 Å². The Labute approximate surface area is 221 Å². The predicted octanol–water partition coefficient (Wildman–Crippen LogP) is 3.94. The molecule has 1 aliphatic heterocycles. The minimum atomic E-state index is -3.56. The van der Waals surface area contributed by atoms with Crippen LogP contribution in [0.3, 0.4) is 0 Å². The molecule has 2 fully saturated rings. The summed E-state index contributed by atoms with van der Waals surface area (Å²) in [6.07, 6.45) is 5.33. The van der Waals surface area contributed by atoms with E-state index in [0.29, 0.717) is 40.4 Å². The Morgan fingerprint density at radius 1 is 1.08 bits per heavy atom. The van der Waals surface area contributed by atoms with Crippen LogP contribution in [0.25, 0.3) is 10.3 Å². The number of ether oxygens (including phenoxy) is 1. The Kier molecular flexibility index (Phi) is 7.75. The van der Waals surface area contributed by atoms with Crippen LogP contribution in [0.5, 0.6) is 5.88 Å². The van der Waals surface area contributed by atoms with Gasteiger partial charge in [-0.3, -0.25) is 4.79 Å². The van der Waals surface area contributed by atoms with Gasteiger partial charge in [0, 0.05) is 32.2 Å². The van der Waals surface area contributed by atoms with E-state index in [2.05, 4.69) is 20.2 Å². The first kappa shape index (κ1) is 26.0. The van der Waals surface area contributed by atoms with Gasteiger partial charge in [-0.25, -0.2) is 18.4 Å². The lowest BCUT2D eigenvalue weighted by Gasteiger charge is -2.31. The smallest absolute Gasteiger partial charge is 0.243 e. The summed E-state index contributed by atoms with van der Waals surface area (Å²) in [5, 5.41) is 3.49. The molecule has 9 nitrogen and oxygen atoms in total. The maximum atomic E-state index is 13.5. The van der Waals surface area contributed by atoms with Crippen molar-refractivity contribution in [1.82, 2.24) is 19.2 Å². The first-order valence-electron chi connectivity index (χ1n) is 12.7. The fourth-order valence-corrected chi connectivity index (χ4v) is 7.44. The second-order valence-electron chi connectivity index (χ2n) is 9.90. The highest BCUT2D eigenvalue weighted by Gasteiger charge is 2.30. The quantitative estimate of drug-likeness (QED) is 0.459. The van der Waals surface area contributed by atoms with Crippen molar-refractivity contribution < 1.29 is 17.9 Å². The number of aromatic nitrogens is 2. The number of benzene rings is 1. The highest BCUT2D eigenvalue weighted by Crippen LogP contribution is 2.36. The number of sulfonamides is 1. The van der Waals surface area contributed by atoms with Crippen molar-refractivity contribution in [3.05, 3.63) is 42.0 Å². The molecule has 198 valence electrons. The number of carbonyl (C=O) groups is 1. The number of fused-ring (bicyclic) bond motifs is 1. The molecule has 0 bridgehead atoms. The molecular weight excluding hydrogens is 510 g/mol. The van der Waals surface area contributed by atoms with Crippen LogP contribution >= 0.6 is 11.3 Å². The van der Waals surface area contributed by atoms with Crippen molar-refractivity contribution in [1.29, 1.82) is 0 Å². The van der Waals surface area contributed by atoms with Crippen LogP contribution in [0, 0.1) is 5.92 Å². The molecule has 5 rings (SSSR count). The molecule has 0 unspecified atom stereocenters. The van der Waals surface area contributed by atoms with Gasteiger partial charge in [0.1, 0.15) is 10.3 Å². The van der Waals surface area contributed by atoms with Crippen molar-refractivity contribution in [2.75, 3.05) is 45.7 Å². The van der Waals surface area contributed by atoms with E-state index >= 15 is 0 Å². The molecule has 37 heavy (non-hydrogen) atoms. The van der Waals surface area contributed by atoms with E-state index in [-0.39, 0.29) is 10.8 Å². The zero-order valence-corrected chi connectivity index (χ0v) is 22.9. The SMILES string of the molecule is COc1ccc2nc(NC(=O)[C@@H](CC3CCCC3)c3ccc(S(=O)(=O)N4CCN(C)CC4)cc3)sc2n1. The number of carbonyl (C=O) groups excluding carboxylic acids is 1. The molecule has 3 aromatic rings. The van der Waals surface area contributed by atoms with Crippen LogP contribution in [0.4, 0.5) is 5.13 Å². The summed E-state index contributed by atoms with van der Waals surface area (Å²) < 4.78 is 33.1. The monoisotopic (exact) mass is 543 g/mol. The molecule has 1 amide bonds. The maximum Gasteiger partial charge on any atom is 0.243 e. The van der Waals surface area contributed by atoms with Crippen molar-refractivity contribution in [3.8, 4) is 5.88 Å². The Morgan fingerprint density at radius 2 is 1.78 bits per heavy atom. The number of amides is 1. The Morgan fingerprint density at radius 3 is 2.46 bits per heavy atom. The summed E-state index contributed by atoms with van der Waals surface area (Å²) in [5.41, 5.74) is 1.52. The van der Waals surface area contributed by atoms with Gasteiger partial charge < -0.3 is 15.0 Å². The van der Waals surface area contributed by atoms with Gasteiger partial charge in [0.15, 0.2) is 5.13 Å². The van der Waals surface area contributed by atoms with Crippen molar-refractivity contribution in [2.24, 2.45) is 5.92 Å². The lowest BCUT2D eigenvalue weighted by Crippen LogP contribution is -2.47. The first-order chi connectivity index (χ1) is 17.8. The molecule has 11 heteroatoms. The third-order valence-corrected chi connectivity index (χ3v) is 10.2. The van der Waals surface area contributed by atoms with Gasteiger partial charge in [0.05, 0.1) is 17.9 Å². The van der Waals surface area contributed by atoms with Gasteiger partial charge in [-0.2, -0.15) is 4.31 Å². The average molecular weight is 544 g/mol. The third kappa shape index (κ3) is 5.79. The number of piperazine rings is 1. The second kappa shape index (κ2) is 11.0. The van der Waals surface area contributed by atoms with Crippen molar-refractivity contribution in [2.45, 2.75) is 42.9 Å². The maximum absolute atomic E-state index is 13.5. The van der Waals surface area contributed by atoms with E-state index in [9.17, 15) is 13.2 Å². The molecule has 3 heterocycles. The first-order valence-corrected chi connectivity index (χ1v) is 15.0. The minimum absolute atomic E-state index is 0.132. The van der Waals surface area contributed by atoms with Gasteiger partial charge in [-0.15, -0.1) is 0 Å². The summed E-state index contributed by atoms with van der Waals surface area (Å²) in [7, 11) is -0.000435. The number of likely N-dealkylation sites (N-methyl/N-ethyl adjacent to an activating group) is 1. The highest BCUT2D eigenvalue weighted by molar-refractivity contribution is 7.89. The van der Waals surface area contributed by atoms with Crippen LogP contribution in [-0.4, -0.2) is 73.8 Å². The second-order valence-corrected chi connectivity index (χ2v) is 12.8. The zero-order chi connectivity index (χ0) is 26.0. The predicted molar refractivity (Wildman–Crippen MR) is 145 cm³/mol. The summed E-state index contributed by atoms with van der Waals surface area (Å²) >= 11 is 1.31.